The van der Waals surface area contributed by atoms with Gasteiger partial charge in [-0.15, -0.1) is 0 Å². The second kappa shape index (κ2) is 5.19. The Bertz CT molecular complexity index is 374. The van der Waals surface area contributed by atoms with Crippen molar-refractivity contribution >= 4 is 5.91 Å². The first kappa shape index (κ1) is 11.9. The van der Waals surface area contributed by atoms with E-state index >= 15 is 0 Å². The van der Waals surface area contributed by atoms with E-state index < -0.39 is 6.10 Å². The lowest BCUT2D eigenvalue weighted by Gasteiger charge is -2.37. The fraction of sp³-hybridized carbons (Fsp3) is 0.462. The molecule has 92 valence electrons. The smallest absolute Gasteiger partial charge is 0.263 e. The van der Waals surface area contributed by atoms with Crippen LogP contribution in [-0.4, -0.2) is 41.2 Å². The second-order valence-corrected chi connectivity index (χ2v) is 4.22. The van der Waals surface area contributed by atoms with Crippen LogP contribution in [0.2, 0.25) is 0 Å². The minimum atomic E-state index is -0.454. The maximum absolute atomic E-state index is 12.0. The third-order valence-corrected chi connectivity index (χ3v) is 2.84. The highest BCUT2D eigenvalue weighted by molar-refractivity contribution is 5.82. The number of rotatable bonds is 4. The number of β-amino-alcohol motifs (C(OH)–C–C–N with tert-alkyl or cyclic N) is 1. The predicted molar refractivity (Wildman–Crippen MR) is 63.7 cm³/mol. The zero-order valence-corrected chi connectivity index (χ0v) is 9.87. The molecule has 0 aromatic heterocycles. The van der Waals surface area contributed by atoms with Gasteiger partial charge in [0, 0.05) is 13.1 Å². The summed E-state index contributed by atoms with van der Waals surface area (Å²) in [6, 6.07) is 9.32. The fourth-order valence-electron chi connectivity index (χ4n) is 1.81. The van der Waals surface area contributed by atoms with E-state index in [4.69, 9.17) is 4.74 Å². The number of carbonyl (C=O) groups is 1. The summed E-state index contributed by atoms with van der Waals surface area (Å²) in [5, 5.41) is 9.18. The van der Waals surface area contributed by atoms with Gasteiger partial charge in [0.15, 0.2) is 6.10 Å². The molecule has 1 N–H and O–H groups in total. The van der Waals surface area contributed by atoms with Crippen LogP contribution in [0.1, 0.15) is 13.3 Å². The summed E-state index contributed by atoms with van der Waals surface area (Å²) < 4.78 is 5.64. The number of amides is 1. The van der Waals surface area contributed by atoms with Crippen LogP contribution in [0.4, 0.5) is 0 Å². The molecule has 1 atom stereocenters. The molecule has 0 saturated carbocycles. The predicted octanol–water partition coefficient (Wildman–Crippen LogP) is 1.05. The molecule has 1 saturated heterocycles. The van der Waals surface area contributed by atoms with Crippen LogP contribution >= 0.6 is 0 Å². The second-order valence-electron chi connectivity index (χ2n) is 4.22. The van der Waals surface area contributed by atoms with Crippen molar-refractivity contribution in [2.24, 2.45) is 0 Å². The maximum atomic E-state index is 12.0. The molecule has 0 radical (unpaired) electrons. The van der Waals surface area contributed by atoms with Crippen LogP contribution in [0.3, 0.4) is 0 Å². The molecule has 4 nitrogen and oxygen atoms in total. The van der Waals surface area contributed by atoms with E-state index in [-0.39, 0.29) is 12.0 Å². The van der Waals surface area contributed by atoms with Crippen molar-refractivity contribution in [1.29, 1.82) is 0 Å². The first-order valence-corrected chi connectivity index (χ1v) is 5.89. The fourth-order valence-corrected chi connectivity index (χ4v) is 1.81. The lowest BCUT2D eigenvalue weighted by atomic mass is 10.1. The summed E-state index contributed by atoms with van der Waals surface area (Å²) in [6.07, 6.45) is -0.196. The standard InChI is InChI=1S/C13H17NO3/c1-2-12(13(16)14-8-10(15)9-14)17-11-6-4-3-5-7-11/h3-7,10,12,15H,2,8-9H2,1H3. The van der Waals surface area contributed by atoms with Crippen molar-refractivity contribution in [3.63, 3.8) is 0 Å². The molecule has 1 aliphatic rings. The molecule has 1 fully saturated rings. The molecule has 2 rings (SSSR count). The Morgan fingerprint density at radius 2 is 2.12 bits per heavy atom. The van der Waals surface area contributed by atoms with Crippen LogP contribution in [0, 0.1) is 0 Å². The maximum Gasteiger partial charge on any atom is 0.263 e. The first-order chi connectivity index (χ1) is 8.20. The molecule has 1 aromatic carbocycles. The van der Waals surface area contributed by atoms with Gasteiger partial charge in [-0.25, -0.2) is 0 Å². The van der Waals surface area contributed by atoms with Crippen LogP contribution < -0.4 is 4.74 Å². The highest BCUT2D eigenvalue weighted by Gasteiger charge is 2.33. The summed E-state index contributed by atoms with van der Waals surface area (Å²) in [5.41, 5.74) is 0. The third kappa shape index (κ3) is 2.77. The molecular weight excluding hydrogens is 218 g/mol. The molecule has 0 bridgehead atoms. The number of aliphatic hydroxyl groups is 1. The van der Waals surface area contributed by atoms with E-state index in [0.29, 0.717) is 25.3 Å². The summed E-state index contributed by atoms with van der Waals surface area (Å²) in [4.78, 5) is 13.6. The van der Waals surface area contributed by atoms with Crippen molar-refractivity contribution in [3.8, 4) is 5.75 Å². The molecule has 1 aromatic rings. The largest absolute Gasteiger partial charge is 0.481 e. The van der Waals surface area contributed by atoms with Gasteiger partial charge in [0.1, 0.15) is 5.75 Å². The number of benzene rings is 1. The number of likely N-dealkylation sites (tertiary alicyclic amines) is 1. The van der Waals surface area contributed by atoms with E-state index in [9.17, 15) is 9.90 Å². The summed E-state index contributed by atoms with van der Waals surface area (Å²) in [7, 11) is 0. The Morgan fingerprint density at radius 3 is 2.65 bits per heavy atom. The van der Waals surface area contributed by atoms with Gasteiger partial charge in [0.25, 0.3) is 5.91 Å². The van der Waals surface area contributed by atoms with Crippen molar-refractivity contribution in [2.45, 2.75) is 25.6 Å². The van der Waals surface area contributed by atoms with Crippen LogP contribution in [-0.2, 0) is 4.79 Å². The summed E-state index contributed by atoms with van der Waals surface area (Å²) in [5.74, 6) is 0.662. The molecular formula is C13H17NO3. The van der Waals surface area contributed by atoms with Crippen molar-refractivity contribution < 1.29 is 14.6 Å². The van der Waals surface area contributed by atoms with Gasteiger partial charge in [-0.3, -0.25) is 4.79 Å². The number of aliphatic hydroxyl groups excluding tert-OH is 1. The molecule has 1 heterocycles. The van der Waals surface area contributed by atoms with Gasteiger partial charge in [-0.05, 0) is 18.6 Å². The van der Waals surface area contributed by atoms with E-state index in [1.807, 2.05) is 37.3 Å². The molecule has 1 amide bonds. The Labute approximate surface area is 101 Å². The molecule has 1 aliphatic heterocycles. The number of hydrogen-bond donors (Lipinski definition) is 1. The summed E-state index contributed by atoms with van der Waals surface area (Å²) >= 11 is 0. The van der Waals surface area contributed by atoms with E-state index in [0.717, 1.165) is 0 Å². The topological polar surface area (TPSA) is 49.8 Å². The van der Waals surface area contributed by atoms with E-state index in [2.05, 4.69) is 0 Å². The van der Waals surface area contributed by atoms with E-state index in [1.165, 1.54) is 0 Å². The number of nitrogens with zero attached hydrogens (tertiary/aromatic N) is 1. The quantitative estimate of drug-likeness (QED) is 0.848. The highest BCUT2D eigenvalue weighted by atomic mass is 16.5. The van der Waals surface area contributed by atoms with Gasteiger partial charge in [0.2, 0.25) is 0 Å². The minimum absolute atomic E-state index is 0.0401. The van der Waals surface area contributed by atoms with E-state index in [1.54, 1.807) is 4.90 Å². The number of para-hydroxylation sites is 1. The number of hydrogen-bond acceptors (Lipinski definition) is 3. The molecule has 4 heteroatoms. The molecule has 0 spiro atoms. The molecule has 1 unspecified atom stereocenters. The van der Waals surface area contributed by atoms with Crippen molar-refractivity contribution in [1.82, 2.24) is 4.90 Å². The SMILES string of the molecule is CCC(Oc1ccccc1)C(=O)N1CC(O)C1. The van der Waals surface area contributed by atoms with Crippen LogP contribution in [0.25, 0.3) is 0 Å². The average molecular weight is 235 g/mol. The average Bonchev–Trinajstić information content (AvgIpc) is 2.32. The van der Waals surface area contributed by atoms with Crippen molar-refractivity contribution in [2.75, 3.05) is 13.1 Å². The Hall–Kier alpha value is -1.55. The third-order valence-electron chi connectivity index (χ3n) is 2.84. The van der Waals surface area contributed by atoms with Gasteiger partial charge in [0.05, 0.1) is 6.10 Å². The Kier molecular flexibility index (Phi) is 3.64. The van der Waals surface area contributed by atoms with Crippen molar-refractivity contribution in [3.05, 3.63) is 30.3 Å². The van der Waals surface area contributed by atoms with Crippen LogP contribution in [0.15, 0.2) is 30.3 Å². The number of carbonyl (C=O) groups excluding carboxylic acids is 1. The van der Waals surface area contributed by atoms with Gasteiger partial charge in [-0.2, -0.15) is 0 Å². The monoisotopic (exact) mass is 235 g/mol. The summed E-state index contributed by atoms with van der Waals surface area (Å²) in [6.45, 7) is 2.77. The Balaban J connectivity index is 1.95. The molecule has 17 heavy (non-hydrogen) atoms. The first-order valence-electron chi connectivity index (χ1n) is 5.89. The lowest BCUT2D eigenvalue weighted by Crippen LogP contribution is -2.57. The zero-order valence-electron chi connectivity index (χ0n) is 9.87. The lowest BCUT2D eigenvalue weighted by molar-refractivity contribution is -0.149. The molecule has 0 aliphatic carbocycles. The van der Waals surface area contributed by atoms with Gasteiger partial charge in [-0.1, -0.05) is 25.1 Å². The van der Waals surface area contributed by atoms with Crippen LogP contribution in [0.5, 0.6) is 5.75 Å². The normalized spacial score (nSPS) is 17.4. The Morgan fingerprint density at radius 1 is 1.47 bits per heavy atom. The highest BCUT2D eigenvalue weighted by Crippen LogP contribution is 2.16. The van der Waals surface area contributed by atoms with Gasteiger partial charge < -0.3 is 14.7 Å². The number of ether oxygens (including phenoxy) is 1. The van der Waals surface area contributed by atoms with Gasteiger partial charge >= 0.3 is 0 Å². The zero-order chi connectivity index (χ0) is 12.3. The minimum Gasteiger partial charge on any atom is -0.481 e.